The number of carbonyl (C=O) groups excluding carboxylic acids is 2. The number of nitro benzene ring substituents is 1. The Labute approximate surface area is 172 Å². The van der Waals surface area contributed by atoms with Gasteiger partial charge in [0.25, 0.3) is 11.6 Å². The summed E-state index contributed by atoms with van der Waals surface area (Å²) < 4.78 is 5.84. The first-order chi connectivity index (χ1) is 13.8. The number of carbonyl (C=O) groups is 2. The average Bonchev–Trinajstić information content (AvgIpc) is 2.69. The van der Waals surface area contributed by atoms with E-state index in [9.17, 15) is 19.7 Å². The molecule has 0 fully saturated rings. The number of hydrogen-bond acceptors (Lipinski definition) is 6. The van der Waals surface area contributed by atoms with E-state index in [4.69, 9.17) is 10.5 Å². The number of nitro groups is 1. The summed E-state index contributed by atoms with van der Waals surface area (Å²) in [5.74, 6) is -0.475. The molecule has 146 valence electrons. The van der Waals surface area contributed by atoms with Crippen LogP contribution in [0.3, 0.4) is 0 Å². The minimum absolute atomic E-state index is 0.128. The topological polar surface area (TPSA) is 137 Å². The predicted molar refractivity (Wildman–Crippen MR) is 108 cm³/mol. The van der Waals surface area contributed by atoms with E-state index in [0.717, 1.165) is 0 Å². The molecule has 2 aromatic carbocycles. The Morgan fingerprint density at radius 2 is 1.90 bits per heavy atom. The minimum atomic E-state index is -0.582. The zero-order chi connectivity index (χ0) is 21.0. The monoisotopic (exact) mass is 456 g/mol. The maximum atomic E-state index is 12.3. The standard InChI is InChI=1S/C19H13BrN4O5/c20-15-6-4-12(9-16(15)24(27)28)19(26)23-13-5-7-17(22-10-13)29-14-3-1-2-11(8-14)18(21)25/h1-10H,(H2,21,25)(H,23,26). The van der Waals surface area contributed by atoms with E-state index in [1.807, 2.05) is 0 Å². The van der Waals surface area contributed by atoms with Gasteiger partial charge in [0.2, 0.25) is 11.8 Å². The number of benzene rings is 2. The summed E-state index contributed by atoms with van der Waals surface area (Å²) in [5, 5.41) is 13.6. The van der Waals surface area contributed by atoms with Gasteiger partial charge in [0.05, 0.1) is 21.3 Å². The van der Waals surface area contributed by atoms with Gasteiger partial charge in [0.1, 0.15) is 5.75 Å². The summed E-state index contributed by atoms with van der Waals surface area (Å²) >= 11 is 3.07. The van der Waals surface area contributed by atoms with Crippen LogP contribution in [0.25, 0.3) is 0 Å². The molecule has 0 unspecified atom stereocenters. The molecule has 10 heteroatoms. The first-order valence-electron chi connectivity index (χ1n) is 8.12. The zero-order valence-corrected chi connectivity index (χ0v) is 16.3. The predicted octanol–water partition coefficient (Wildman–Crippen LogP) is 3.90. The molecule has 2 amide bonds. The van der Waals surface area contributed by atoms with Gasteiger partial charge in [0.15, 0.2) is 0 Å². The molecule has 3 N–H and O–H groups in total. The number of nitrogens with zero attached hydrogens (tertiary/aromatic N) is 2. The zero-order valence-electron chi connectivity index (χ0n) is 14.7. The first-order valence-corrected chi connectivity index (χ1v) is 8.92. The average molecular weight is 457 g/mol. The second-order valence-electron chi connectivity index (χ2n) is 5.76. The van der Waals surface area contributed by atoms with Gasteiger partial charge in [-0.15, -0.1) is 0 Å². The van der Waals surface area contributed by atoms with E-state index < -0.39 is 16.7 Å². The van der Waals surface area contributed by atoms with E-state index in [-0.39, 0.29) is 21.6 Å². The summed E-state index contributed by atoms with van der Waals surface area (Å²) in [6.07, 6.45) is 1.37. The number of anilines is 1. The quantitative estimate of drug-likeness (QED) is 0.426. The summed E-state index contributed by atoms with van der Waals surface area (Å²) in [6.45, 7) is 0. The fourth-order valence-corrected chi connectivity index (χ4v) is 2.74. The SMILES string of the molecule is NC(=O)c1cccc(Oc2ccc(NC(=O)c3ccc(Br)c([N+](=O)[O-])c3)cn2)c1. The molecule has 0 aliphatic carbocycles. The lowest BCUT2D eigenvalue weighted by molar-refractivity contribution is -0.385. The van der Waals surface area contributed by atoms with E-state index in [2.05, 4.69) is 26.2 Å². The van der Waals surface area contributed by atoms with Crippen molar-refractivity contribution in [2.75, 3.05) is 5.32 Å². The number of pyridine rings is 1. The molecular weight excluding hydrogens is 444 g/mol. The van der Waals surface area contributed by atoms with Gasteiger partial charge in [0, 0.05) is 23.3 Å². The normalized spacial score (nSPS) is 10.2. The largest absolute Gasteiger partial charge is 0.439 e. The van der Waals surface area contributed by atoms with E-state index in [0.29, 0.717) is 17.0 Å². The maximum Gasteiger partial charge on any atom is 0.284 e. The van der Waals surface area contributed by atoms with Crippen LogP contribution < -0.4 is 15.8 Å². The molecule has 0 aliphatic heterocycles. The third-order valence-corrected chi connectivity index (χ3v) is 4.41. The Kier molecular flexibility index (Phi) is 5.84. The molecule has 0 aliphatic rings. The lowest BCUT2D eigenvalue weighted by Crippen LogP contribution is -2.12. The molecule has 29 heavy (non-hydrogen) atoms. The third-order valence-electron chi connectivity index (χ3n) is 3.74. The van der Waals surface area contributed by atoms with Crippen molar-refractivity contribution in [3.05, 3.63) is 86.5 Å². The van der Waals surface area contributed by atoms with E-state index in [1.165, 1.54) is 36.5 Å². The van der Waals surface area contributed by atoms with Crippen molar-refractivity contribution >= 4 is 39.1 Å². The number of ether oxygens (including phenoxy) is 1. The van der Waals surface area contributed by atoms with Gasteiger partial charge in [-0.2, -0.15) is 0 Å². The smallest absolute Gasteiger partial charge is 0.284 e. The Bertz CT molecular complexity index is 1100. The molecule has 0 saturated carbocycles. The highest BCUT2D eigenvalue weighted by Gasteiger charge is 2.16. The number of amides is 2. The van der Waals surface area contributed by atoms with Crippen molar-refractivity contribution in [1.82, 2.24) is 4.98 Å². The number of halogens is 1. The second-order valence-corrected chi connectivity index (χ2v) is 6.61. The summed E-state index contributed by atoms with van der Waals surface area (Å²) in [7, 11) is 0. The highest BCUT2D eigenvalue weighted by atomic mass is 79.9. The van der Waals surface area contributed by atoms with E-state index >= 15 is 0 Å². The molecule has 0 bridgehead atoms. The van der Waals surface area contributed by atoms with Crippen LogP contribution in [0.2, 0.25) is 0 Å². The van der Waals surface area contributed by atoms with Crippen molar-refractivity contribution in [3.63, 3.8) is 0 Å². The van der Waals surface area contributed by atoms with Crippen LogP contribution in [0.1, 0.15) is 20.7 Å². The molecular formula is C19H13BrN4O5. The molecule has 0 spiro atoms. The van der Waals surface area contributed by atoms with Gasteiger partial charge in [-0.25, -0.2) is 4.98 Å². The van der Waals surface area contributed by atoms with Crippen molar-refractivity contribution in [1.29, 1.82) is 0 Å². The van der Waals surface area contributed by atoms with Gasteiger partial charge >= 0.3 is 0 Å². The fourth-order valence-electron chi connectivity index (χ4n) is 2.35. The molecule has 0 saturated heterocycles. The summed E-state index contributed by atoms with van der Waals surface area (Å²) in [4.78, 5) is 38.0. The highest BCUT2D eigenvalue weighted by molar-refractivity contribution is 9.10. The molecule has 0 radical (unpaired) electrons. The van der Waals surface area contributed by atoms with Crippen LogP contribution in [0, 0.1) is 10.1 Å². The number of nitrogens with two attached hydrogens (primary N) is 1. The number of nitrogens with one attached hydrogen (secondary N) is 1. The molecule has 0 atom stereocenters. The van der Waals surface area contributed by atoms with Gasteiger partial charge < -0.3 is 15.8 Å². The number of hydrogen-bond donors (Lipinski definition) is 2. The van der Waals surface area contributed by atoms with Crippen LogP contribution in [-0.2, 0) is 0 Å². The van der Waals surface area contributed by atoms with Crippen LogP contribution in [0.15, 0.2) is 65.3 Å². The van der Waals surface area contributed by atoms with Gasteiger partial charge in [-0.3, -0.25) is 19.7 Å². The third kappa shape index (κ3) is 4.93. The number of primary amides is 1. The van der Waals surface area contributed by atoms with Crippen molar-refractivity contribution in [2.45, 2.75) is 0 Å². The molecule has 3 rings (SSSR count). The van der Waals surface area contributed by atoms with Crippen LogP contribution >= 0.6 is 15.9 Å². The summed E-state index contributed by atoms with van der Waals surface area (Å²) in [5.41, 5.74) is 5.83. The van der Waals surface area contributed by atoms with E-state index in [1.54, 1.807) is 24.3 Å². The lowest BCUT2D eigenvalue weighted by atomic mass is 10.2. The van der Waals surface area contributed by atoms with Crippen molar-refractivity contribution in [3.8, 4) is 11.6 Å². The van der Waals surface area contributed by atoms with Crippen molar-refractivity contribution < 1.29 is 19.2 Å². The Hall–Kier alpha value is -3.79. The number of aromatic nitrogens is 1. The first kappa shape index (κ1) is 20.0. The molecule has 1 heterocycles. The Morgan fingerprint density at radius 3 is 2.55 bits per heavy atom. The molecule has 9 nitrogen and oxygen atoms in total. The van der Waals surface area contributed by atoms with Crippen LogP contribution in [0.5, 0.6) is 11.6 Å². The number of rotatable bonds is 6. The second kappa shape index (κ2) is 8.48. The van der Waals surface area contributed by atoms with Crippen LogP contribution in [-0.4, -0.2) is 21.7 Å². The summed E-state index contributed by atoms with van der Waals surface area (Å²) in [6, 6.07) is 13.5. The van der Waals surface area contributed by atoms with Crippen molar-refractivity contribution in [2.24, 2.45) is 5.73 Å². The fraction of sp³-hybridized carbons (Fsp3) is 0. The molecule has 1 aromatic heterocycles. The van der Waals surface area contributed by atoms with Crippen LogP contribution in [0.4, 0.5) is 11.4 Å². The lowest BCUT2D eigenvalue weighted by Gasteiger charge is -2.08. The minimum Gasteiger partial charge on any atom is -0.439 e. The Balaban J connectivity index is 1.70. The Morgan fingerprint density at radius 1 is 1.10 bits per heavy atom. The molecule has 3 aromatic rings. The maximum absolute atomic E-state index is 12.3. The highest BCUT2D eigenvalue weighted by Crippen LogP contribution is 2.26. The van der Waals surface area contributed by atoms with Gasteiger partial charge in [-0.05, 0) is 52.3 Å². The van der Waals surface area contributed by atoms with Gasteiger partial charge in [-0.1, -0.05) is 6.07 Å².